The van der Waals surface area contributed by atoms with E-state index in [2.05, 4.69) is 27.5 Å². The van der Waals surface area contributed by atoms with Crippen LogP contribution in [0.5, 0.6) is 5.75 Å². The van der Waals surface area contributed by atoms with Gasteiger partial charge in [0.1, 0.15) is 11.6 Å². The lowest BCUT2D eigenvalue weighted by Gasteiger charge is -2.28. The maximum atomic E-state index is 13.0. The summed E-state index contributed by atoms with van der Waals surface area (Å²) in [6, 6.07) is 29.3. The second-order valence-electron chi connectivity index (χ2n) is 11.6. The van der Waals surface area contributed by atoms with E-state index in [1.807, 2.05) is 66.7 Å². The molecule has 1 saturated carbocycles. The predicted molar refractivity (Wildman–Crippen MR) is 178 cm³/mol. The van der Waals surface area contributed by atoms with Crippen LogP contribution in [0.1, 0.15) is 31.2 Å². The van der Waals surface area contributed by atoms with E-state index in [0.29, 0.717) is 29.2 Å². The number of benzene rings is 4. The van der Waals surface area contributed by atoms with Crippen LogP contribution in [0.25, 0.3) is 21.7 Å². The largest absolute Gasteiger partial charge is 0.497 e. The molecule has 0 bridgehead atoms. The van der Waals surface area contributed by atoms with E-state index in [0.717, 1.165) is 78.4 Å². The van der Waals surface area contributed by atoms with Crippen molar-refractivity contribution in [2.24, 2.45) is 11.8 Å². The van der Waals surface area contributed by atoms with Crippen molar-refractivity contribution in [1.82, 2.24) is 14.7 Å². The highest BCUT2D eigenvalue weighted by molar-refractivity contribution is 7.89. The lowest BCUT2D eigenvalue weighted by atomic mass is 9.82. The average molecular weight is 610 g/mol. The van der Waals surface area contributed by atoms with Gasteiger partial charge in [0.2, 0.25) is 16.0 Å². The minimum atomic E-state index is -3.55. The Bertz CT molecular complexity index is 1820. The summed E-state index contributed by atoms with van der Waals surface area (Å²) >= 11 is 0. The van der Waals surface area contributed by atoms with Crippen LogP contribution in [0.3, 0.4) is 0 Å². The summed E-state index contributed by atoms with van der Waals surface area (Å²) in [7, 11) is -1.87. The quantitative estimate of drug-likeness (QED) is 0.146. The zero-order chi connectivity index (χ0) is 30.4. The minimum absolute atomic E-state index is 0.319. The molecule has 8 nitrogen and oxygen atoms in total. The summed E-state index contributed by atoms with van der Waals surface area (Å²) in [6.07, 6.45) is 4.92. The highest BCUT2D eigenvalue weighted by Crippen LogP contribution is 2.30. The van der Waals surface area contributed by atoms with Crippen molar-refractivity contribution in [2.75, 3.05) is 37.4 Å². The third-order valence-corrected chi connectivity index (χ3v) is 10.00. The monoisotopic (exact) mass is 609 g/mol. The van der Waals surface area contributed by atoms with Crippen LogP contribution in [-0.2, 0) is 16.4 Å². The van der Waals surface area contributed by atoms with E-state index in [1.54, 1.807) is 19.2 Å². The van der Waals surface area contributed by atoms with E-state index in [-0.39, 0.29) is 0 Å². The number of para-hydroxylation sites is 1. The van der Waals surface area contributed by atoms with Gasteiger partial charge in [-0.05, 0) is 96.7 Å². The Morgan fingerprint density at radius 3 is 2.25 bits per heavy atom. The van der Waals surface area contributed by atoms with Crippen LogP contribution < -0.4 is 20.1 Å². The van der Waals surface area contributed by atoms with Crippen molar-refractivity contribution in [3.05, 3.63) is 96.6 Å². The highest BCUT2D eigenvalue weighted by atomic mass is 32.2. The van der Waals surface area contributed by atoms with Gasteiger partial charge in [-0.25, -0.2) is 18.1 Å². The summed E-state index contributed by atoms with van der Waals surface area (Å²) in [6.45, 7) is 2.01. The van der Waals surface area contributed by atoms with Gasteiger partial charge in [0.25, 0.3) is 0 Å². The molecule has 0 amide bonds. The van der Waals surface area contributed by atoms with Crippen molar-refractivity contribution in [3.63, 3.8) is 0 Å². The van der Waals surface area contributed by atoms with E-state index in [9.17, 15) is 8.42 Å². The van der Waals surface area contributed by atoms with Crippen molar-refractivity contribution >= 4 is 43.5 Å². The standard InChI is InChI=1S/C35H39N5O3S/c1-43-30-17-14-25(15-18-30)20-21-36-34-32-8-4-5-9-33(32)39-35(40-34)37-23-26-10-12-27(13-11-26)24-38-44(41,42)31-19-16-28-6-2-3-7-29(28)22-31/h2-9,14-19,22,26-27,38H,10-13,20-21,23-24H2,1H3,(H2,36,37,39,40). The van der Waals surface area contributed by atoms with Crippen molar-refractivity contribution in [2.45, 2.75) is 37.0 Å². The molecule has 0 spiro atoms. The third kappa shape index (κ3) is 7.29. The fraction of sp³-hybridized carbons (Fsp3) is 0.314. The molecule has 0 radical (unpaired) electrons. The molecule has 0 saturated heterocycles. The molecule has 1 heterocycles. The number of hydrogen-bond acceptors (Lipinski definition) is 7. The van der Waals surface area contributed by atoms with Gasteiger partial charge in [0.15, 0.2) is 0 Å². The Kier molecular flexibility index (Phi) is 9.23. The Balaban J connectivity index is 0.999. The molecule has 44 heavy (non-hydrogen) atoms. The molecule has 5 aromatic rings. The molecule has 9 heteroatoms. The third-order valence-electron chi connectivity index (χ3n) is 8.58. The first-order chi connectivity index (χ1) is 21.5. The summed E-state index contributed by atoms with van der Waals surface area (Å²) in [5, 5.41) is 9.96. The van der Waals surface area contributed by atoms with Gasteiger partial charge in [-0.3, -0.25) is 0 Å². The minimum Gasteiger partial charge on any atom is -0.497 e. The van der Waals surface area contributed by atoms with Crippen LogP contribution in [0.15, 0.2) is 95.9 Å². The Hall–Kier alpha value is -4.21. The number of rotatable bonds is 12. The van der Waals surface area contributed by atoms with Gasteiger partial charge < -0.3 is 15.4 Å². The lowest BCUT2D eigenvalue weighted by Crippen LogP contribution is -2.32. The predicted octanol–water partition coefficient (Wildman–Crippen LogP) is 6.64. The van der Waals surface area contributed by atoms with E-state index < -0.39 is 10.0 Å². The molecule has 0 atom stereocenters. The van der Waals surface area contributed by atoms with Crippen molar-refractivity contribution < 1.29 is 13.2 Å². The van der Waals surface area contributed by atoms with E-state index in [4.69, 9.17) is 14.7 Å². The SMILES string of the molecule is COc1ccc(CCNc2nc(NCC3CCC(CNS(=O)(=O)c4ccc5ccccc5c4)CC3)nc3ccccc23)cc1. The highest BCUT2D eigenvalue weighted by Gasteiger charge is 2.24. The molecule has 4 aromatic carbocycles. The van der Waals surface area contributed by atoms with Gasteiger partial charge in [-0.15, -0.1) is 0 Å². The Morgan fingerprint density at radius 2 is 1.48 bits per heavy atom. The molecule has 1 aliphatic carbocycles. The first kappa shape index (κ1) is 29.8. The number of fused-ring (bicyclic) bond motifs is 2. The molecule has 6 rings (SSSR count). The van der Waals surface area contributed by atoms with E-state index in [1.165, 1.54) is 5.56 Å². The Morgan fingerprint density at radius 1 is 0.773 bits per heavy atom. The van der Waals surface area contributed by atoms with Gasteiger partial charge in [0, 0.05) is 25.0 Å². The van der Waals surface area contributed by atoms with Crippen LogP contribution in [0.4, 0.5) is 11.8 Å². The Labute approximate surface area is 259 Å². The van der Waals surface area contributed by atoms with Crippen LogP contribution in [-0.4, -0.2) is 45.1 Å². The summed E-state index contributed by atoms with van der Waals surface area (Å²) < 4.78 is 34.1. The number of methoxy groups -OCH3 is 1. The maximum Gasteiger partial charge on any atom is 0.240 e. The van der Waals surface area contributed by atoms with Crippen LogP contribution >= 0.6 is 0 Å². The summed E-state index contributed by atoms with van der Waals surface area (Å²) in [5.74, 6) is 3.13. The topological polar surface area (TPSA) is 105 Å². The first-order valence-corrected chi connectivity index (χ1v) is 16.8. The molecule has 228 valence electrons. The molecule has 3 N–H and O–H groups in total. The number of nitrogens with zero attached hydrogens (tertiary/aromatic N) is 2. The molecule has 1 aromatic heterocycles. The smallest absolute Gasteiger partial charge is 0.240 e. The number of anilines is 2. The van der Waals surface area contributed by atoms with Gasteiger partial charge in [-0.2, -0.15) is 4.98 Å². The lowest BCUT2D eigenvalue weighted by molar-refractivity contribution is 0.284. The zero-order valence-corrected chi connectivity index (χ0v) is 25.8. The fourth-order valence-corrected chi connectivity index (χ4v) is 7.08. The second-order valence-corrected chi connectivity index (χ2v) is 13.3. The van der Waals surface area contributed by atoms with E-state index >= 15 is 0 Å². The van der Waals surface area contributed by atoms with Gasteiger partial charge >= 0.3 is 0 Å². The number of nitrogens with one attached hydrogen (secondary N) is 3. The molecule has 0 unspecified atom stereocenters. The zero-order valence-electron chi connectivity index (χ0n) is 25.0. The molecule has 0 aliphatic heterocycles. The maximum absolute atomic E-state index is 13.0. The number of ether oxygens (including phenoxy) is 1. The molecular formula is C35H39N5O3S. The molecular weight excluding hydrogens is 570 g/mol. The summed E-state index contributed by atoms with van der Waals surface area (Å²) in [5.41, 5.74) is 2.13. The van der Waals surface area contributed by atoms with Crippen molar-refractivity contribution in [3.8, 4) is 5.75 Å². The molecule has 1 aliphatic rings. The number of hydrogen-bond donors (Lipinski definition) is 3. The number of sulfonamides is 1. The van der Waals surface area contributed by atoms with Crippen LogP contribution in [0.2, 0.25) is 0 Å². The van der Waals surface area contributed by atoms with Crippen LogP contribution in [0, 0.1) is 11.8 Å². The second kappa shape index (κ2) is 13.6. The first-order valence-electron chi connectivity index (χ1n) is 15.3. The normalized spacial score (nSPS) is 17.0. The fourth-order valence-electron chi connectivity index (χ4n) is 5.93. The molecule has 1 fully saturated rings. The summed E-state index contributed by atoms with van der Waals surface area (Å²) in [4.78, 5) is 9.92. The average Bonchev–Trinajstić information content (AvgIpc) is 3.07. The van der Waals surface area contributed by atoms with Gasteiger partial charge in [-0.1, -0.05) is 54.6 Å². The number of aromatic nitrogens is 2. The van der Waals surface area contributed by atoms with Crippen molar-refractivity contribution in [1.29, 1.82) is 0 Å². The van der Waals surface area contributed by atoms with Gasteiger partial charge in [0.05, 0.1) is 17.5 Å².